The second kappa shape index (κ2) is 11.9. The van der Waals surface area contributed by atoms with Crippen molar-refractivity contribution in [2.24, 2.45) is 0 Å². The minimum Gasteiger partial charge on any atom is -0.369 e. The van der Waals surface area contributed by atoms with E-state index in [-0.39, 0.29) is 30.7 Å². The summed E-state index contributed by atoms with van der Waals surface area (Å²) in [4.78, 5) is 46.3. The lowest BCUT2D eigenvalue weighted by molar-refractivity contribution is -0.124. The second-order valence-corrected chi connectivity index (χ2v) is 9.32. The SMILES string of the molecule is O=C1CN[C@H](C(=O)NCCCNc2nc(Nc3cccc(NC(=O)N4CCCC4)c3)ncc2Br)C1. The van der Waals surface area contributed by atoms with Crippen molar-refractivity contribution in [2.75, 3.05) is 48.7 Å². The molecule has 1 aromatic heterocycles. The number of ketones is 1. The molecule has 186 valence electrons. The van der Waals surface area contributed by atoms with Crippen LogP contribution in [-0.2, 0) is 9.59 Å². The van der Waals surface area contributed by atoms with Crippen molar-refractivity contribution in [1.29, 1.82) is 0 Å². The molecule has 1 aromatic carbocycles. The molecule has 4 rings (SSSR count). The fourth-order valence-corrected chi connectivity index (χ4v) is 4.23. The summed E-state index contributed by atoms with van der Waals surface area (Å²) in [5.41, 5.74) is 1.45. The Balaban J connectivity index is 1.25. The Kier molecular flexibility index (Phi) is 8.48. The molecule has 35 heavy (non-hydrogen) atoms. The number of amides is 3. The van der Waals surface area contributed by atoms with Crippen molar-refractivity contribution in [3.63, 3.8) is 0 Å². The Morgan fingerprint density at radius 3 is 2.74 bits per heavy atom. The highest BCUT2D eigenvalue weighted by Crippen LogP contribution is 2.23. The zero-order valence-electron chi connectivity index (χ0n) is 19.3. The number of hydrogen-bond donors (Lipinski definition) is 5. The topological polar surface area (TPSA) is 140 Å². The van der Waals surface area contributed by atoms with Crippen LogP contribution in [0.5, 0.6) is 0 Å². The molecule has 2 fully saturated rings. The van der Waals surface area contributed by atoms with E-state index in [1.54, 1.807) is 6.20 Å². The van der Waals surface area contributed by atoms with Gasteiger partial charge in [-0.25, -0.2) is 9.78 Å². The first kappa shape index (κ1) is 24.9. The quantitative estimate of drug-likeness (QED) is 0.303. The monoisotopic (exact) mass is 544 g/mol. The van der Waals surface area contributed by atoms with Crippen LogP contribution in [0.25, 0.3) is 0 Å². The number of nitrogens with one attached hydrogen (secondary N) is 5. The highest BCUT2D eigenvalue weighted by Gasteiger charge is 2.27. The maximum Gasteiger partial charge on any atom is 0.321 e. The Morgan fingerprint density at radius 2 is 1.97 bits per heavy atom. The number of halogens is 1. The highest BCUT2D eigenvalue weighted by molar-refractivity contribution is 9.10. The third-order valence-electron chi connectivity index (χ3n) is 5.75. The van der Waals surface area contributed by atoms with E-state index < -0.39 is 6.04 Å². The molecule has 0 radical (unpaired) electrons. The molecule has 2 aliphatic rings. The number of anilines is 4. The molecular formula is C23H29BrN8O3. The lowest BCUT2D eigenvalue weighted by atomic mass is 10.2. The van der Waals surface area contributed by atoms with E-state index in [1.807, 2.05) is 29.2 Å². The normalized spacial score (nSPS) is 17.3. The van der Waals surface area contributed by atoms with Gasteiger partial charge in [0.05, 0.1) is 17.1 Å². The number of likely N-dealkylation sites (tertiary alicyclic amines) is 1. The fraction of sp³-hybridized carbons (Fsp3) is 0.435. The van der Waals surface area contributed by atoms with Crippen molar-refractivity contribution in [3.8, 4) is 0 Å². The van der Waals surface area contributed by atoms with Gasteiger partial charge in [0.25, 0.3) is 0 Å². The Morgan fingerprint density at radius 1 is 1.17 bits per heavy atom. The second-order valence-electron chi connectivity index (χ2n) is 8.47. The molecule has 3 amide bonds. The van der Waals surface area contributed by atoms with Crippen LogP contribution < -0.4 is 26.6 Å². The number of carbonyl (C=O) groups is 3. The molecule has 0 aliphatic carbocycles. The number of carbonyl (C=O) groups excluding carboxylic acids is 3. The largest absolute Gasteiger partial charge is 0.369 e. The lowest BCUT2D eigenvalue weighted by Crippen LogP contribution is -2.41. The van der Waals surface area contributed by atoms with Gasteiger partial charge in [-0.2, -0.15) is 4.98 Å². The van der Waals surface area contributed by atoms with Gasteiger partial charge < -0.3 is 26.2 Å². The molecule has 11 nitrogen and oxygen atoms in total. The summed E-state index contributed by atoms with van der Waals surface area (Å²) in [6.07, 6.45) is 4.68. The predicted molar refractivity (Wildman–Crippen MR) is 137 cm³/mol. The summed E-state index contributed by atoms with van der Waals surface area (Å²) in [7, 11) is 0. The summed E-state index contributed by atoms with van der Waals surface area (Å²) in [6, 6.07) is 6.89. The van der Waals surface area contributed by atoms with Gasteiger partial charge in [-0.1, -0.05) is 6.07 Å². The van der Waals surface area contributed by atoms with Gasteiger partial charge in [-0.05, 0) is 53.4 Å². The van der Waals surface area contributed by atoms with E-state index in [0.29, 0.717) is 41.4 Å². The van der Waals surface area contributed by atoms with Crippen LogP contribution in [0.3, 0.4) is 0 Å². The molecule has 0 spiro atoms. The van der Waals surface area contributed by atoms with E-state index >= 15 is 0 Å². The zero-order chi connectivity index (χ0) is 24.6. The summed E-state index contributed by atoms with van der Waals surface area (Å²) in [5.74, 6) is 0.937. The number of hydrogen-bond acceptors (Lipinski definition) is 8. The predicted octanol–water partition coefficient (Wildman–Crippen LogP) is 2.46. The number of Topliss-reactive ketones (excluding diaryl/α,β-unsaturated/α-hetero) is 1. The average Bonchev–Trinajstić information content (AvgIpc) is 3.53. The molecule has 12 heteroatoms. The number of rotatable bonds is 9. The van der Waals surface area contributed by atoms with Crippen molar-refractivity contribution in [2.45, 2.75) is 31.7 Å². The Bertz CT molecular complexity index is 1080. The van der Waals surface area contributed by atoms with Gasteiger partial charge in [-0.15, -0.1) is 0 Å². The minimum atomic E-state index is -0.424. The van der Waals surface area contributed by atoms with Crippen LogP contribution in [0.15, 0.2) is 34.9 Å². The number of benzene rings is 1. The van der Waals surface area contributed by atoms with Crippen LogP contribution in [0.2, 0.25) is 0 Å². The number of nitrogens with zero attached hydrogens (tertiary/aromatic N) is 3. The molecule has 2 aromatic rings. The van der Waals surface area contributed by atoms with E-state index in [0.717, 1.165) is 31.6 Å². The van der Waals surface area contributed by atoms with Crippen LogP contribution in [0, 0.1) is 0 Å². The standard InChI is InChI=1S/C23H29BrN8O3/c24-18-14-28-22(29-15-5-3-6-16(11-15)30-23(35)32-9-1-2-10-32)31-20(18)25-7-4-8-26-21(34)19-12-17(33)13-27-19/h3,5-6,11,14,19,27H,1-2,4,7-10,12-13H2,(H,26,34)(H,30,35)(H2,25,28,29,31)/t19-/m0/s1. The van der Waals surface area contributed by atoms with Crippen molar-refractivity contribution in [3.05, 3.63) is 34.9 Å². The van der Waals surface area contributed by atoms with Crippen LogP contribution >= 0.6 is 15.9 Å². The van der Waals surface area contributed by atoms with Crippen LogP contribution in [-0.4, -0.2) is 71.4 Å². The van der Waals surface area contributed by atoms with Crippen LogP contribution in [0.4, 0.5) is 27.9 Å². The molecule has 0 bridgehead atoms. The summed E-state index contributed by atoms with van der Waals surface area (Å²) >= 11 is 3.45. The van der Waals surface area contributed by atoms with E-state index in [9.17, 15) is 14.4 Å². The number of aromatic nitrogens is 2. The van der Waals surface area contributed by atoms with Gasteiger partial charge in [0.1, 0.15) is 11.6 Å². The molecule has 5 N–H and O–H groups in total. The average molecular weight is 545 g/mol. The molecule has 3 heterocycles. The van der Waals surface area contributed by atoms with Gasteiger partial charge in [0.2, 0.25) is 11.9 Å². The van der Waals surface area contributed by atoms with Gasteiger partial charge in [0.15, 0.2) is 0 Å². The van der Waals surface area contributed by atoms with Crippen molar-refractivity contribution < 1.29 is 14.4 Å². The third kappa shape index (κ3) is 7.12. The first-order valence-electron chi connectivity index (χ1n) is 11.7. The van der Waals surface area contributed by atoms with E-state index in [2.05, 4.69) is 52.5 Å². The highest BCUT2D eigenvalue weighted by atomic mass is 79.9. The molecule has 2 saturated heterocycles. The lowest BCUT2D eigenvalue weighted by Gasteiger charge is -2.16. The van der Waals surface area contributed by atoms with E-state index in [1.165, 1.54) is 0 Å². The van der Waals surface area contributed by atoms with Crippen molar-refractivity contribution >= 4 is 56.8 Å². The van der Waals surface area contributed by atoms with Gasteiger partial charge >= 0.3 is 6.03 Å². The minimum absolute atomic E-state index is 0.0587. The smallest absolute Gasteiger partial charge is 0.321 e. The maximum absolute atomic E-state index is 12.3. The van der Waals surface area contributed by atoms with Gasteiger partial charge in [-0.3, -0.25) is 14.9 Å². The van der Waals surface area contributed by atoms with Crippen LogP contribution in [0.1, 0.15) is 25.7 Å². The first-order chi connectivity index (χ1) is 17.0. The summed E-state index contributed by atoms with van der Waals surface area (Å²) in [5, 5.41) is 15.1. The Labute approximate surface area is 212 Å². The third-order valence-corrected chi connectivity index (χ3v) is 6.33. The molecule has 1 atom stereocenters. The Hall–Kier alpha value is -3.25. The fourth-order valence-electron chi connectivity index (χ4n) is 3.90. The first-order valence-corrected chi connectivity index (χ1v) is 12.5. The molecule has 0 unspecified atom stereocenters. The van der Waals surface area contributed by atoms with Crippen molar-refractivity contribution in [1.82, 2.24) is 25.5 Å². The zero-order valence-corrected chi connectivity index (χ0v) is 20.9. The van der Waals surface area contributed by atoms with Gasteiger partial charge in [0, 0.05) is 50.2 Å². The molecule has 2 aliphatic heterocycles. The molecule has 0 saturated carbocycles. The van der Waals surface area contributed by atoms with E-state index in [4.69, 9.17) is 0 Å². The maximum atomic E-state index is 12.3. The number of urea groups is 1. The molecular weight excluding hydrogens is 516 g/mol. The summed E-state index contributed by atoms with van der Waals surface area (Å²) in [6.45, 7) is 2.91. The summed E-state index contributed by atoms with van der Waals surface area (Å²) < 4.78 is 0.715.